The van der Waals surface area contributed by atoms with E-state index in [1.807, 2.05) is 30.3 Å². The molecule has 4 rings (SSSR count). The Bertz CT molecular complexity index is 601. The molecule has 3 heteroatoms. The number of anilines is 1. The number of ether oxygens (including phenoxy) is 1. The van der Waals surface area contributed by atoms with E-state index in [2.05, 4.69) is 19.2 Å². The molecule has 7 unspecified atom stereocenters. The van der Waals surface area contributed by atoms with Crippen LogP contribution in [0.5, 0.6) is 0 Å². The summed E-state index contributed by atoms with van der Waals surface area (Å²) < 4.78 is 6.02. The highest BCUT2D eigenvalue weighted by Crippen LogP contribution is 2.55. The summed E-state index contributed by atoms with van der Waals surface area (Å²) in [6.45, 7) is 4.69. The molecule has 136 valence electrons. The number of carbonyl (C=O) groups excluding carboxylic acids is 1. The Morgan fingerprint density at radius 1 is 1.04 bits per heavy atom. The number of nitrogens with one attached hydrogen (secondary N) is 1. The Labute approximate surface area is 151 Å². The van der Waals surface area contributed by atoms with Gasteiger partial charge in [0.25, 0.3) is 0 Å². The van der Waals surface area contributed by atoms with E-state index in [-0.39, 0.29) is 12.2 Å². The molecule has 0 aromatic heterocycles. The predicted molar refractivity (Wildman–Crippen MR) is 100 cm³/mol. The molecule has 0 spiro atoms. The van der Waals surface area contributed by atoms with Crippen molar-refractivity contribution in [2.75, 3.05) is 5.32 Å². The molecule has 1 amide bonds. The van der Waals surface area contributed by atoms with Crippen molar-refractivity contribution in [2.24, 2.45) is 35.5 Å². The van der Waals surface area contributed by atoms with Crippen molar-refractivity contribution in [2.45, 2.75) is 58.5 Å². The molecule has 7 atom stereocenters. The van der Waals surface area contributed by atoms with Crippen LogP contribution in [0.2, 0.25) is 0 Å². The van der Waals surface area contributed by atoms with Crippen molar-refractivity contribution in [1.29, 1.82) is 0 Å². The fourth-order valence-corrected chi connectivity index (χ4v) is 6.20. The zero-order chi connectivity index (χ0) is 17.4. The van der Waals surface area contributed by atoms with Gasteiger partial charge in [0, 0.05) is 11.6 Å². The van der Waals surface area contributed by atoms with Gasteiger partial charge in [0.15, 0.2) is 0 Å². The van der Waals surface area contributed by atoms with Crippen molar-refractivity contribution in [3.63, 3.8) is 0 Å². The largest absolute Gasteiger partial charge is 0.446 e. The molecule has 0 radical (unpaired) electrons. The third kappa shape index (κ3) is 3.56. The minimum Gasteiger partial charge on any atom is -0.446 e. The van der Waals surface area contributed by atoms with Gasteiger partial charge in [-0.2, -0.15) is 0 Å². The Hall–Kier alpha value is -1.51. The lowest BCUT2D eigenvalue weighted by Gasteiger charge is -2.44. The average Bonchev–Trinajstić information content (AvgIpc) is 3.18. The minimum absolute atomic E-state index is 0.0758. The lowest BCUT2D eigenvalue weighted by atomic mass is 9.64. The van der Waals surface area contributed by atoms with Gasteiger partial charge in [-0.05, 0) is 73.8 Å². The lowest BCUT2D eigenvalue weighted by molar-refractivity contribution is -0.0340. The highest BCUT2D eigenvalue weighted by molar-refractivity contribution is 5.84. The standard InChI is InChI=1S/C22H31NO2/c1-14-10-15(2)21(19-13-16-8-9-17(19)12-16)20(11-14)25-22(24)23-18-6-4-3-5-7-18/h3-7,14-17,19-21H,8-13H2,1-2H3,(H,23,24). The molecule has 1 aromatic carbocycles. The molecule has 3 aliphatic carbocycles. The van der Waals surface area contributed by atoms with E-state index in [1.54, 1.807) is 0 Å². The van der Waals surface area contributed by atoms with E-state index in [0.717, 1.165) is 29.9 Å². The van der Waals surface area contributed by atoms with E-state index in [9.17, 15) is 4.79 Å². The maximum absolute atomic E-state index is 12.5. The van der Waals surface area contributed by atoms with Gasteiger partial charge in [0.1, 0.15) is 6.10 Å². The van der Waals surface area contributed by atoms with E-state index in [1.165, 1.54) is 32.1 Å². The second-order valence-corrected chi connectivity index (χ2v) is 8.90. The first-order chi connectivity index (χ1) is 12.1. The number of para-hydroxylation sites is 1. The monoisotopic (exact) mass is 341 g/mol. The highest BCUT2D eigenvalue weighted by atomic mass is 16.6. The number of carbonyl (C=O) groups is 1. The molecule has 25 heavy (non-hydrogen) atoms. The summed E-state index contributed by atoms with van der Waals surface area (Å²) in [7, 11) is 0. The molecule has 0 aliphatic heterocycles. The van der Waals surface area contributed by atoms with Crippen LogP contribution in [-0.4, -0.2) is 12.2 Å². The van der Waals surface area contributed by atoms with Crippen LogP contribution in [0.3, 0.4) is 0 Å². The molecule has 3 nitrogen and oxygen atoms in total. The van der Waals surface area contributed by atoms with E-state index in [0.29, 0.717) is 17.8 Å². The minimum atomic E-state index is -0.286. The summed E-state index contributed by atoms with van der Waals surface area (Å²) in [5.74, 6) is 4.44. The van der Waals surface area contributed by atoms with Gasteiger partial charge < -0.3 is 4.74 Å². The van der Waals surface area contributed by atoms with E-state index < -0.39 is 0 Å². The second-order valence-electron chi connectivity index (χ2n) is 8.90. The molecular formula is C22H31NO2. The fraction of sp³-hybridized carbons (Fsp3) is 0.682. The van der Waals surface area contributed by atoms with Crippen molar-refractivity contribution < 1.29 is 9.53 Å². The molecule has 0 saturated heterocycles. The molecule has 3 aliphatic rings. The Balaban J connectivity index is 1.45. The molecular weight excluding hydrogens is 310 g/mol. The number of hydrogen-bond acceptors (Lipinski definition) is 2. The number of amides is 1. The van der Waals surface area contributed by atoms with Gasteiger partial charge >= 0.3 is 6.09 Å². The van der Waals surface area contributed by atoms with Gasteiger partial charge in [0.2, 0.25) is 0 Å². The smallest absolute Gasteiger partial charge is 0.411 e. The summed E-state index contributed by atoms with van der Waals surface area (Å²) >= 11 is 0. The Morgan fingerprint density at radius 2 is 1.84 bits per heavy atom. The maximum Gasteiger partial charge on any atom is 0.411 e. The van der Waals surface area contributed by atoms with Gasteiger partial charge in [-0.1, -0.05) is 38.5 Å². The first kappa shape index (κ1) is 16.9. The first-order valence-electron chi connectivity index (χ1n) is 10.1. The van der Waals surface area contributed by atoms with Gasteiger partial charge in [-0.25, -0.2) is 4.79 Å². The van der Waals surface area contributed by atoms with Gasteiger partial charge in [-0.15, -0.1) is 0 Å². The Morgan fingerprint density at radius 3 is 2.52 bits per heavy atom. The van der Waals surface area contributed by atoms with Crippen molar-refractivity contribution >= 4 is 11.8 Å². The van der Waals surface area contributed by atoms with Crippen molar-refractivity contribution in [3.05, 3.63) is 30.3 Å². The van der Waals surface area contributed by atoms with Crippen LogP contribution in [0.1, 0.15) is 52.4 Å². The van der Waals surface area contributed by atoms with Crippen LogP contribution in [0.25, 0.3) is 0 Å². The summed E-state index contributed by atoms with van der Waals surface area (Å²) in [6.07, 6.45) is 7.71. The second kappa shape index (κ2) is 7.01. The number of benzene rings is 1. The highest BCUT2D eigenvalue weighted by Gasteiger charge is 2.49. The molecule has 2 bridgehead atoms. The van der Waals surface area contributed by atoms with Crippen LogP contribution in [0.15, 0.2) is 30.3 Å². The molecule has 0 heterocycles. The molecule has 1 aromatic rings. The number of rotatable bonds is 3. The quantitative estimate of drug-likeness (QED) is 0.763. The third-order valence-corrected chi connectivity index (χ3v) is 7.06. The van der Waals surface area contributed by atoms with E-state index in [4.69, 9.17) is 4.74 Å². The maximum atomic E-state index is 12.5. The Kier molecular flexibility index (Phi) is 4.75. The first-order valence-corrected chi connectivity index (χ1v) is 10.1. The predicted octanol–water partition coefficient (Wildman–Crippen LogP) is 5.72. The molecule has 3 saturated carbocycles. The summed E-state index contributed by atoms with van der Waals surface area (Å²) in [5.41, 5.74) is 0.806. The SMILES string of the molecule is CC1CC(C)C(C2CC3CCC2C3)C(OC(=O)Nc2ccccc2)C1. The molecule has 1 N–H and O–H groups in total. The van der Waals surface area contributed by atoms with Crippen molar-refractivity contribution in [1.82, 2.24) is 0 Å². The summed E-state index contributed by atoms with van der Waals surface area (Å²) in [6, 6.07) is 9.62. The van der Waals surface area contributed by atoms with Crippen LogP contribution >= 0.6 is 0 Å². The van der Waals surface area contributed by atoms with Crippen LogP contribution in [-0.2, 0) is 4.74 Å². The molecule has 3 fully saturated rings. The topological polar surface area (TPSA) is 38.3 Å². The van der Waals surface area contributed by atoms with Gasteiger partial charge in [-0.3, -0.25) is 5.32 Å². The summed E-state index contributed by atoms with van der Waals surface area (Å²) in [5, 5.41) is 2.90. The van der Waals surface area contributed by atoms with E-state index >= 15 is 0 Å². The fourth-order valence-electron chi connectivity index (χ4n) is 6.20. The lowest BCUT2D eigenvalue weighted by Crippen LogP contribution is -2.44. The van der Waals surface area contributed by atoms with Crippen LogP contribution in [0.4, 0.5) is 10.5 Å². The third-order valence-electron chi connectivity index (χ3n) is 7.06. The average molecular weight is 341 g/mol. The van der Waals surface area contributed by atoms with Crippen molar-refractivity contribution in [3.8, 4) is 0 Å². The number of hydrogen-bond donors (Lipinski definition) is 1. The normalized spacial score (nSPS) is 40.0. The summed E-state index contributed by atoms with van der Waals surface area (Å²) in [4.78, 5) is 12.5. The zero-order valence-corrected chi connectivity index (χ0v) is 15.5. The number of fused-ring (bicyclic) bond motifs is 2. The van der Waals surface area contributed by atoms with Crippen LogP contribution in [0, 0.1) is 35.5 Å². The zero-order valence-electron chi connectivity index (χ0n) is 15.5. The van der Waals surface area contributed by atoms with Crippen LogP contribution < -0.4 is 5.32 Å². The van der Waals surface area contributed by atoms with Gasteiger partial charge in [0.05, 0.1) is 0 Å².